The van der Waals surface area contributed by atoms with Crippen LogP contribution in [0.15, 0.2) is 0 Å². The van der Waals surface area contributed by atoms with Crippen molar-refractivity contribution in [1.82, 2.24) is 5.32 Å². The first kappa shape index (κ1) is 35.9. The van der Waals surface area contributed by atoms with Gasteiger partial charge in [0.1, 0.15) is 0 Å². The van der Waals surface area contributed by atoms with E-state index in [0.717, 1.165) is 25.7 Å². The summed E-state index contributed by atoms with van der Waals surface area (Å²) in [5, 5.41) is 21.9. The highest BCUT2D eigenvalue weighted by Crippen LogP contribution is 2.34. The standard InChI is InChI=1S/C20H43N.C12H20O4/c1-3-5-7-9-11-13-15-17-19-21-20-18-16-14-12-10-8-6-4-2;13-10(14)12(11(15)16)8-6-4-2-1-3-5-7-9-12/h21H,3-20H2,1-2H3;1-9H2,(H,13,14)(H,15,16). The van der Waals surface area contributed by atoms with Crippen LogP contribution in [-0.4, -0.2) is 35.2 Å². The molecular formula is C32H63NO4. The van der Waals surface area contributed by atoms with Gasteiger partial charge in [-0.05, 0) is 38.8 Å². The molecule has 0 bridgehead atoms. The number of hydrogen-bond acceptors (Lipinski definition) is 3. The van der Waals surface area contributed by atoms with E-state index in [9.17, 15) is 9.59 Å². The maximum atomic E-state index is 11.2. The third kappa shape index (κ3) is 20.5. The lowest BCUT2D eigenvalue weighted by Gasteiger charge is -2.25. The molecule has 3 N–H and O–H groups in total. The van der Waals surface area contributed by atoms with Crippen molar-refractivity contribution in [3.8, 4) is 0 Å². The molecule has 1 fully saturated rings. The summed E-state index contributed by atoms with van der Waals surface area (Å²) >= 11 is 0. The van der Waals surface area contributed by atoms with Gasteiger partial charge in [-0.25, -0.2) is 0 Å². The van der Waals surface area contributed by atoms with Crippen LogP contribution in [0, 0.1) is 5.41 Å². The fraction of sp³-hybridized carbons (Fsp3) is 0.938. The molecule has 0 aliphatic heterocycles. The number of nitrogens with one attached hydrogen (secondary N) is 1. The smallest absolute Gasteiger partial charge is 0.321 e. The lowest BCUT2D eigenvalue weighted by atomic mass is 9.77. The Labute approximate surface area is 230 Å². The highest BCUT2D eigenvalue weighted by Gasteiger charge is 2.45. The van der Waals surface area contributed by atoms with Crippen LogP contribution >= 0.6 is 0 Å². The quantitative estimate of drug-likeness (QED) is 0.109. The second-order valence-corrected chi connectivity index (χ2v) is 11.4. The highest BCUT2D eigenvalue weighted by atomic mass is 16.4. The normalized spacial score (nSPS) is 15.9. The van der Waals surface area contributed by atoms with Gasteiger partial charge in [0.2, 0.25) is 0 Å². The van der Waals surface area contributed by atoms with Crippen LogP contribution < -0.4 is 5.32 Å². The monoisotopic (exact) mass is 525 g/mol. The molecule has 0 aromatic heterocycles. The van der Waals surface area contributed by atoms with Crippen molar-refractivity contribution in [2.24, 2.45) is 5.41 Å². The van der Waals surface area contributed by atoms with Crippen LogP contribution in [-0.2, 0) is 9.59 Å². The molecule has 0 spiro atoms. The first-order valence-corrected chi connectivity index (χ1v) is 16.2. The zero-order valence-corrected chi connectivity index (χ0v) is 24.8. The first-order valence-electron chi connectivity index (χ1n) is 16.2. The molecule has 0 heterocycles. The van der Waals surface area contributed by atoms with E-state index in [1.54, 1.807) is 0 Å². The van der Waals surface area contributed by atoms with Crippen LogP contribution in [0.25, 0.3) is 0 Å². The summed E-state index contributed by atoms with van der Waals surface area (Å²) < 4.78 is 0. The molecule has 0 aromatic carbocycles. The highest BCUT2D eigenvalue weighted by molar-refractivity contribution is 5.98. The van der Waals surface area contributed by atoms with E-state index in [1.807, 2.05) is 0 Å². The number of carboxylic acid groups (broad SMARTS) is 2. The molecule has 0 amide bonds. The van der Waals surface area contributed by atoms with E-state index in [1.165, 1.54) is 122 Å². The number of carbonyl (C=O) groups is 2. The molecule has 0 unspecified atom stereocenters. The Hall–Kier alpha value is -1.10. The molecule has 0 saturated heterocycles. The van der Waals surface area contributed by atoms with Gasteiger partial charge in [-0.1, -0.05) is 149 Å². The van der Waals surface area contributed by atoms with Crippen molar-refractivity contribution in [2.45, 2.75) is 174 Å². The second-order valence-electron chi connectivity index (χ2n) is 11.4. The van der Waals surface area contributed by atoms with Crippen molar-refractivity contribution >= 4 is 11.9 Å². The largest absolute Gasteiger partial charge is 0.480 e. The number of hydrogen-bond donors (Lipinski definition) is 3. The van der Waals surface area contributed by atoms with Gasteiger partial charge in [-0.2, -0.15) is 0 Å². The molecule has 0 aromatic rings. The minimum absolute atomic E-state index is 0.275. The Morgan fingerprint density at radius 3 is 1.14 bits per heavy atom. The number of carboxylic acids is 2. The Balaban J connectivity index is 0.000000724. The lowest BCUT2D eigenvalue weighted by molar-refractivity contribution is -0.166. The Morgan fingerprint density at radius 2 is 0.811 bits per heavy atom. The molecule has 1 saturated carbocycles. The molecule has 1 rings (SSSR count). The molecule has 0 atom stereocenters. The molecule has 37 heavy (non-hydrogen) atoms. The average Bonchev–Trinajstić information content (AvgIpc) is 2.89. The summed E-state index contributed by atoms with van der Waals surface area (Å²) in [4.78, 5) is 22.4. The van der Waals surface area contributed by atoms with Gasteiger partial charge in [0.15, 0.2) is 5.41 Å². The molecular weight excluding hydrogens is 462 g/mol. The third-order valence-corrected chi connectivity index (χ3v) is 7.94. The SMILES string of the molecule is CCCCCCCCCCNCCCCCCCCCC.O=C(O)C1(C(=O)O)CCCCCCCCC1. The van der Waals surface area contributed by atoms with Crippen molar-refractivity contribution in [1.29, 1.82) is 0 Å². The van der Waals surface area contributed by atoms with Gasteiger partial charge in [-0.15, -0.1) is 0 Å². The summed E-state index contributed by atoms with van der Waals surface area (Å²) in [5.74, 6) is -2.33. The van der Waals surface area contributed by atoms with E-state index in [2.05, 4.69) is 19.2 Å². The lowest BCUT2D eigenvalue weighted by Crippen LogP contribution is -2.39. The van der Waals surface area contributed by atoms with Crippen molar-refractivity contribution < 1.29 is 19.8 Å². The summed E-state index contributed by atoms with van der Waals surface area (Å²) in [7, 11) is 0. The van der Waals surface area contributed by atoms with Crippen LogP contribution in [0.3, 0.4) is 0 Å². The second kappa shape index (κ2) is 26.5. The Kier molecular flexibility index (Phi) is 25.7. The summed E-state index contributed by atoms with van der Waals surface area (Å²) in [5.41, 5.74) is -1.53. The van der Waals surface area contributed by atoms with Gasteiger partial charge >= 0.3 is 11.9 Å². The van der Waals surface area contributed by atoms with Crippen molar-refractivity contribution in [3.05, 3.63) is 0 Å². The van der Waals surface area contributed by atoms with Gasteiger partial charge in [0.25, 0.3) is 0 Å². The molecule has 5 nitrogen and oxygen atoms in total. The third-order valence-electron chi connectivity index (χ3n) is 7.94. The minimum atomic E-state index is -1.53. The predicted molar refractivity (Wildman–Crippen MR) is 157 cm³/mol. The summed E-state index contributed by atoms with van der Waals surface area (Å²) in [6, 6.07) is 0. The number of rotatable bonds is 20. The van der Waals surface area contributed by atoms with E-state index < -0.39 is 17.4 Å². The van der Waals surface area contributed by atoms with Gasteiger partial charge in [0.05, 0.1) is 0 Å². The predicted octanol–water partition coefficient (Wildman–Crippen LogP) is 9.52. The topological polar surface area (TPSA) is 86.6 Å². The van der Waals surface area contributed by atoms with Crippen molar-refractivity contribution in [2.75, 3.05) is 13.1 Å². The van der Waals surface area contributed by atoms with E-state index in [4.69, 9.17) is 10.2 Å². The Morgan fingerprint density at radius 1 is 0.514 bits per heavy atom. The van der Waals surface area contributed by atoms with Crippen LogP contribution in [0.2, 0.25) is 0 Å². The van der Waals surface area contributed by atoms with E-state index >= 15 is 0 Å². The molecule has 1 aliphatic carbocycles. The average molecular weight is 526 g/mol. The minimum Gasteiger partial charge on any atom is -0.480 e. The van der Waals surface area contributed by atoms with Gasteiger partial charge < -0.3 is 15.5 Å². The summed E-state index contributed by atoms with van der Waals surface area (Å²) in [6.45, 7) is 7.06. The van der Waals surface area contributed by atoms with Gasteiger partial charge in [-0.3, -0.25) is 9.59 Å². The van der Waals surface area contributed by atoms with Crippen LogP contribution in [0.5, 0.6) is 0 Å². The zero-order chi connectivity index (χ0) is 27.5. The maximum Gasteiger partial charge on any atom is 0.321 e. The van der Waals surface area contributed by atoms with Crippen LogP contribution in [0.4, 0.5) is 0 Å². The van der Waals surface area contributed by atoms with E-state index in [0.29, 0.717) is 12.8 Å². The van der Waals surface area contributed by atoms with Crippen molar-refractivity contribution in [3.63, 3.8) is 0 Å². The molecule has 0 radical (unpaired) electrons. The fourth-order valence-corrected chi connectivity index (χ4v) is 5.27. The maximum absolute atomic E-state index is 11.2. The Bertz CT molecular complexity index is 479. The first-order chi connectivity index (χ1) is 18.0. The van der Waals surface area contributed by atoms with E-state index in [-0.39, 0.29) is 12.8 Å². The molecule has 5 heteroatoms. The van der Waals surface area contributed by atoms with Gasteiger partial charge in [0, 0.05) is 0 Å². The number of unbranched alkanes of at least 4 members (excludes halogenated alkanes) is 14. The molecule has 220 valence electrons. The fourth-order valence-electron chi connectivity index (χ4n) is 5.27. The molecule has 1 aliphatic rings. The summed E-state index contributed by atoms with van der Waals surface area (Å²) in [6.07, 6.45) is 30.1. The zero-order valence-electron chi connectivity index (χ0n) is 24.8. The van der Waals surface area contributed by atoms with Crippen LogP contribution in [0.1, 0.15) is 174 Å². The number of aliphatic carboxylic acids is 2.